The summed E-state index contributed by atoms with van der Waals surface area (Å²) < 4.78 is 0. The third-order valence-electron chi connectivity index (χ3n) is 2.27. The fourth-order valence-corrected chi connectivity index (χ4v) is 1.61. The number of piperidine rings is 1. The number of nitrogens with zero attached hydrogens (tertiary/aromatic N) is 1. The van der Waals surface area contributed by atoms with E-state index in [1.165, 1.54) is 0 Å². The molecule has 2 atom stereocenters. The van der Waals surface area contributed by atoms with Crippen LogP contribution in [0.3, 0.4) is 0 Å². The summed E-state index contributed by atoms with van der Waals surface area (Å²) in [7, 11) is 0. The molecular weight excluding hydrogens is 142 g/mol. The number of hydrogen-bond donors (Lipinski definition) is 2. The van der Waals surface area contributed by atoms with Gasteiger partial charge in [0.15, 0.2) is 0 Å². The quantitative estimate of drug-likeness (QED) is 0.594. The van der Waals surface area contributed by atoms with Gasteiger partial charge in [0.05, 0.1) is 6.61 Å². The Labute approximate surface area is 67.6 Å². The first-order valence-corrected chi connectivity index (χ1v) is 4.13. The molecule has 0 bridgehead atoms. The highest BCUT2D eigenvalue weighted by molar-refractivity contribution is 4.78. The zero-order valence-corrected chi connectivity index (χ0v) is 6.74. The Bertz CT molecular complexity index is 117. The molecule has 65 valence electrons. The summed E-state index contributed by atoms with van der Waals surface area (Å²) in [5.41, 5.74) is 0. The van der Waals surface area contributed by atoms with Gasteiger partial charge in [0.2, 0.25) is 0 Å². The molecule has 1 rings (SSSR count). The molecule has 2 unspecified atom stereocenters. The van der Waals surface area contributed by atoms with Gasteiger partial charge in [-0.3, -0.25) is 4.90 Å². The Morgan fingerprint density at radius 3 is 2.73 bits per heavy atom. The minimum atomic E-state index is -0.660. The first-order valence-electron chi connectivity index (χ1n) is 4.13. The highest BCUT2D eigenvalue weighted by atomic mass is 16.3. The molecule has 3 heteroatoms. The Morgan fingerprint density at radius 1 is 1.55 bits per heavy atom. The van der Waals surface area contributed by atoms with E-state index >= 15 is 0 Å². The zero-order chi connectivity index (χ0) is 8.27. The molecular formula is C8H16NO2. The highest BCUT2D eigenvalue weighted by Gasteiger charge is 2.24. The molecule has 11 heavy (non-hydrogen) atoms. The summed E-state index contributed by atoms with van der Waals surface area (Å²) in [5, 5.41) is 18.1. The molecule has 0 aromatic rings. The maximum Gasteiger partial charge on any atom is 0.107 e. The van der Waals surface area contributed by atoms with Crippen molar-refractivity contribution in [2.24, 2.45) is 0 Å². The van der Waals surface area contributed by atoms with Gasteiger partial charge in [-0.25, -0.2) is 0 Å². The minimum Gasteiger partial charge on any atom is -0.395 e. The van der Waals surface area contributed by atoms with Crippen molar-refractivity contribution >= 4 is 0 Å². The average Bonchev–Trinajstić information content (AvgIpc) is 2.04. The Morgan fingerprint density at radius 2 is 2.27 bits per heavy atom. The monoisotopic (exact) mass is 158 g/mol. The van der Waals surface area contributed by atoms with Crippen LogP contribution < -0.4 is 0 Å². The maximum atomic E-state index is 9.18. The predicted octanol–water partition coefficient (Wildman–Crippen LogP) is -0.0143. The van der Waals surface area contributed by atoms with Gasteiger partial charge in [0.1, 0.15) is 6.23 Å². The molecule has 1 heterocycles. The molecule has 0 aromatic carbocycles. The summed E-state index contributed by atoms with van der Waals surface area (Å²) in [6, 6.07) is 0.122. The summed E-state index contributed by atoms with van der Waals surface area (Å²) in [6.07, 6.45) is 2.56. The molecule has 0 amide bonds. The number of aliphatic hydroxyl groups excluding tert-OH is 2. The predicted molar refractivity (Wildman–Crippen MR) is 42.8 cm³/mol. The molecule has 1 saturated heterocycles. The van der Waals surface area contributed by atoms with E-state index in [-0.39, 0.29) is 12.6 Å². The second-order valence-electron chi connectivity index (χ2n) is 3.05. The van der Waals surface area contributed by atoms with Gasteiger partial charge in [0, 0.05) is 12.6 Å². The van der Waals surface area contributed by atoms with Gasteiger partial charge >= 0.3 is 0 Å². The number of likely N-dealkylation sites (tertiary alicyclic amines) is 1. The first-order chi connectivity index (χ1) is 5.25. The van der Waals surface area contributed by atoms with Crippen LogP contribution in [0.25, 0.3) is 0 Å². The maximum absolute atomic E-state index is 9.18. The second-order valence-corrected chi connectivity index (χ2v) is 3.05. The summed E-state index contributed by atoms with van der Waals surface area (Å²) >= 11 is 0. The van der Waals surface area contributed by atoms with Crippen molar-refractivity contribution in [3.05, 3.63) is 6.92 Å². The second kappa shape index (κ2) is 4.04. The van der Waals surface area contributed by atoms with Gasteiger partial charge in [-0.2, -0.15) is 0 Å². The molecule has 0 aromatic heterocycles. The molecule has 0 saturated carbocycles. The normalized spacial score (nSPS) is 30.3. The van der Waals surface area contributed by atoms with E-state index in [9.17, 15) is 5.11 Å². The minimum absolute atomic E-state index is 0.122. The molecule has 1 radical (unpaired) electrons. The van der Waals surface area contributed by atoms with E-state index in [4.69, 9.17) is 5.11 Å². The summed E-state index contributed by atoms with van der Waals surface area (Å²) in [4.78, 5) is 1.85. The van der Waals surface area contributed by atoms with E-state index in [0.29, 0.717) is 0 Å². The third kappa shape index (κ3) is 2.15. The Kier molecular flexibility index (Phi) is 3.30. The van der Waals surface area contributed by atoms with E-state index < -0.39 is 6.23 Å². The van der Waals surface area contributed by atoms with Gasteiger partial charge in [-0.05, 0) is 19.8 Å². The van der Waals surface area contributed by atoms with Crippen molar-refractivity contribution in [3.8, 4) is 0 Å². The van der Waals surface area contributed by atoms with Crippen LogP contribution in [0, 0.1) is 6.92 Å². The lowest BCUT2D eigenvalue weighted by molar-refractivity contribution is -0.0283. The van der Waals surface area contributed by atoms with Crippen LogP contribution in [-0.2, 0) is 0 Å². The largest absolute Gasteiger partial charge is 0.395 e. The van der Waals surface area contributed by atoms with Crippen molar-refractivity contribution in [2.75, 3.05) is 13.2 Å². The van der Waals surface area contributed by atoms with Crippen LogP contribution in [0.15, 0.2) is 0 Å². The van der Waals surface area contributed by atoms with Crippen molar-refractivity contribution in [2.45, 2.75) is 31.5 Å². The molecule has 1 aliphatic rings. The van der Waals surface area contributed by atoms with E-state index in [1.54, 1.807) is 0 Å². The highest BCUT2D eigenvalue weighted by Crippen LogP contribution is 2.17. The Hall–Kier alpha value is -0.120. The van der Waals surface area contributed by atoms with Crippen LogP contribution in [0.2, 0.25) is 0 Å². The fourth-order valence-electron chi connectivity index (χ4n) is 1.61. The summed E-state index contributed by atoms with van der Waals surface area (Å²) in [6.45, 7) is 4.52. The van der Waals surface area contributed by atoms with Gasteiger partial charge in [0.25, 0.3) is 0 Å². The van der Waals surface area contributed by atoms with Crippen molar-refractivity contribution in [3.63, 3.8) is 0 Å². The van der Waals surface area contributed by atoms with Gasteiger partial charge in [-0.15, -0.1) is 0 Å². The molecule has 2 N–H and O–H groups in total. The molecule has 1 aliphatic heterocycles. The standard InChI is InChI=1S/C8H16NO2/c1-7(11)9-5-3-2-4-8(9)6-10/h7-8,10-11H,1-6H2. The topological polar surface area (TPSA) is 43.7 Å². The number of rotatable bonds is 2. The SMILES string of the molecule is [CH2]C(O)N1CCCCC1CO. The van der Waals surface area contributed by atoms with Gasteiger partial charge in [-0.1, -0.05) is 6.42 Å². The van der Waals surface area contributed by atoms with Crippen LogP contribution in [-0.4, -0.2) is 40.5 Å². The van der Waals surface area contributed by atoms with Crippen LogP contribution in [0.4, 0.5) is 0 Å². The van der Waals surface area contributed by atoms with Crippen molar-refractivity contribution in [1.29, 1.82) is 0 Å². The Balaban J connectivity index is 2.44. The van der Waals surface area contributed by atoms with E-state index in [1.807, 2.05) is 4.90 Å². The lowest BCUT2D eigenvalue weighted by Crippen LogP contribution is -2.46. The number of hydrogen-bond acceptors (Lipinski definition) is 3. The summed E-state index contributed by atoms with van der Waals surface area (Å²) in [5.74, 6) is 0. The zero-order valence-electron chi connectivity index (χ0n) is 6.74. The van der Waals surface area contributed by atoms with Crippen molar-refractivity contribution in [1.82, 2.24) is 4.90 Å². The lowest BCUT2D eigenvalue weighted by Gasteiger charge is -2.36. The average molecular weight is 158 g/mol. The van der Waals surface area contributed by atoms with E-state index in [2.05, 4.69) is 6.92 Å². The fraction of sp³-hybridized carbons (Fsp3) is 0.875. The van der Waals surface area contributed by atoms with Crippen LogP contribution >= 0.6 is 0 Å². The molecule has 0 spiro atoms. The van der Waals surface area contributed by atoms with Gasteiger partial charge < -0.3 is 10.2 Å². The first kappa shape index (κ1) is 8.97. The molecule has 0 aliphatic carbocycles. The third-order valence-corrected chi connectivity index (χ3v) is 2.27. The molecule has 1 fully saturated rings. The lowest BCUT2D eigenvalue weighted by atomic mass is 10.0. The van der Waals surface area contributed by atoms with Crippen molar-refractivity contribution < 1.29 is 10.2 Å². The number of aliphatic hydroxyl groups is 2. The van der Waals surface area contributed by atoms with E-state index in [0.717, 1.165) is 25.8 Å². The van der Waals surface area contributed by atoms with Crippen LogP contribution in [0.1, 0.15) is 19.3 Å². The molecule has 3 nitrogen and oxygen atoms in total. The smallest absolute Gasteiger partial charge is 0.107 e. The van der Waals surface area contributed by atoms with Crippen LogP contribution in [0.5, 0.6) is 0 Å².